The molecule has 1 heterocycles. The largest absolute Gasteiger partial charge is 0.465 e. The van der Waals surface area contributed by atoms with Gasteiger partial charge in [-0.15, -0.1) is 0 Å². The van der Waals surface area contributed by atoms with Crippen molar-refractivity contribution in [2.75, 3.05) is 13.2 Å². The number of ether oxygens (including phenoxy) is 2. The van der Waals surface area contributed by atoms with Gasteiger partial charge in [0.15, 0.2) is 0 Å². The average molecular weight is 545 g/mol. The Morgan fingerprint density at radius 1 is 1.28 bits per heavy atom. The Hall–Kier alpha value is -2.67. The molecule has 2 saturated carbocycles. The summed E-state index contributed by atoms with van der Waals surface area (Å²) in [6, 6.07) is 6.45. The molecular weight excluding hydrogens is 495 g/mol. The molecule has 3 N–H and O–H groups in total. The Labute approximate surface area is 234 Å². The number of nitrogens with two attached hydrogens (primary N) is 1. The first-order valence-electron chi connectivity index (χ1n) is 14.8. The van der Waals surface area contributed by atoms with Gasteiger partial charge < -0.3 is 20.5 Å². The van der Waals surface area contributed by atoms with E-state index in [0.717, 1.165) is 56.1 Å². The van der Waals surface area contributed by atoms with Crippen LogP contribution in [0.5, 0.6) is 0 Å². The zero-order valence-electron chi connectivity index (χ0n) is 24.5. The maximum atomic E-state index is 13.5. The molecule has 1 aromatic carbocycles. The number of fused-ring (bicyclic) bond motifs is 2. The molecule has 0 spiro atoms. The molecule has 1 aliphatic heterocycles. The van der Waals surface area contributed by atoms with E-state index in [2.05, 4.69) is 18.0 Å². The summed E-state index contributed by atoms with van der Waals surface area (Å²) in [7, 11) is 0. The van der Waals surface area contributed by atoms with Crippen LogP contribution in [0.4, 0.5) is 9.18 Å². The molecule has 218 valence electrons. The third-order valence-electron chi connectivity index (χ3n) is 8.24. The summed E-state index contributed by atoms with van der Waals surface area (Å²) in [5, 5.41) is 2.97. The van der Waals surface area contributed by atoms with Gasteiger partial charge in [0.1, 0.15) is 5.82 Å². The third kappa shape index (κ3) is 8.17. The van der Waals surface area contributed by atoms with Crippen LogP contribution >= 0.6 is 0 Å². The van der Waals surface area contributed by atoms with Gasteiger partial charge in [-0.2, -0.15) is 0 Å². The molecule has 1 amide bonds. The van der Waals surface area contributed by atoms with E-state index in [1.165, 1.54) is 12.1 Å². The number of carbonyl (C=O) groups is 2. The van der Waals surface area contributed by atoms with Crippen molar-refractivity contribution >= 4 is 17.6 Å². The van der Waals surface area contributed by atoms with E-state index in [1.807, 2.05) is 39.8 Å². The molecule has 7 heteroatoms. The summed E-state index contributed by atoms with van der Waals surface area (Å²) in [5.41, 5.74) is 8.32. The minimum absolute atomic E-state index is 0.0158. The van der Waals surface area contributed by atoms with Gasteiger partial charge in [0.2, 0.25) is 0 Å². The topological polar surface area (TPSA) is 90.6 Å². The molecule has 0 radical (unpaired) electrons. The predicted molar refractivity (Wildman–Crippen MR) is 155 cm³/mol. The maximum absolute atomic E-state index is 13.5. The highest BCUT2D eigenvalue weighted by molar-refractivity contribution is 5.75. The lowest BCUT2D eigenvalue weighted by molar-refractivity contribution is -0.142. The van der Waals surface area contributed by atoms with Crippen LogP contribution in [-0.4, -0.2) is 36.9 Å². The van der Waals surface area contributed by atoms with Crippen molar-refractivity contribution in [1.29, 1.82) is 0 Å². The van der Waals surface area contributed by atoms with Gasteiger partial charge in [-0.25, -0.2) is 9.18 Å². The lowest BCUT2D eigenvalue weighted by Gasteiger charge is -2.55. The number of cyclic esters (lactones) is 1. The number of hydrogen-bond donors (Lipinski definition) is 2. The second-order valence-corrected chi connectivity index (χ2v) is 10.3. The monoisotopic (exact) mass is 544 g/mol. The molecule has 6 nitrogen and oxygen atoms in total. The van der Waals surface area contributed by atoms with E-state index in [4.69, 9.17) is 15.2 Å². The second kappa shape index (κ2) is 15.8. The van der Waals surface area contributed by atoms with E-state index in [9.17, 15) is 14.0 Å². The molecule has 0 aromatic heterocycles. The number of allylic oxidation sites excluding steroid dienone is 3. The fourth-order valence-corrected chi connectivity index (χ4v) is 6.48. The lowest BCUT2D eigenvalue weighted by Crippen LogP contribution is -2.64. The fourth-order valence-electron chi connectivity index (χ4n) is 6.48. The number of rotatable bonds is 8. The molecule has 4 rings (SSSR count). The highest BCUT2D eigenvalue weighted by atomic mass is 19.1. The minimum Gasteiger partial charge on any atom is -0.465 e. The Kier molecular flexibility index (Phi) is 13.2. The van der Waals surface area contributed by atoms with Crippen LogP contribution in [-0.2, 0) is 14.3 Å². The average Bonchev–Trinajstić information content (AvgIpc) is 3.30. The number of nitrogens with one attached hydrogen (secondary N) is 1. The van der Waals surface area contributed by atoms with Crippen LogP contribution in [0.3, 0.4) is 0 Å². The molecule has 6 unspecified atom stereocenters. The van der Waals surface area contributed by atoms with Crippen molar-refractivity contribution in [3.8, 4) is 0 Å². The SMILES string of the molecule is C=C(/C=C\CCCC1C2COC(=O)C2CC2CC(NC(=O)OCC)CCC21N)c1cccc(F)c1.CC.CC. The fraction of sp³-hybridized carbons (Fsp3) is 0.625. The van der Waals surface area contributed by atoms with Crippen molar-refractivity contribution < 1.29 is 23.5 Å². The highest BCUT2D eigenvalue weighted by Gasteiger charge is 2.58. The highest BCUT2D eigenvalue weighted by Crippen LogP contribution is 2.53. The summed E-state index contributed by atoms with van der Waals surface area (Å²) in [5.74, 6) is 0.0290. The van der Waals surface area contributed by atoms with Gasteiger partial charge in [-0.3, -0.25) is 4.79 Å². The zero-order valence-corrected chi connectivity index (χ0v) is 24.5. The van der Waals surface area contributed by atoms with Gasteiger partial charge in [0.25, 0.3) is 0 Å². The van der Waals surface area contributed by atoms with Crippen molar-refractivity contribution in [2.45, 2.75) is 91.1 Å². The van der Waals surface area contributed by atoms with Gasteiger partial charge in [0, 0.05) is 17.5 Å². The number of unbranched alkanes of at least 4 members (excludes halogenated alkanes) is 1. The molecule has 1 saturated heterocycles. The van der Waals surface area contributed by atoms with Crippen molar-refractivity contribution in [1.82, 2.24) is 5.32 Å². The molecular formula is C32H49FN2O4. The van der Waals surface area contributed by atoms with Crippen LogP contribution in [0.15, 0.2) is 43.0 Å². The lowest BCUT2D eigenvalue weighted by atomic mass is 9.53. The second-order valence-electron chi connectivity index (χ2n) is 10.3. The first kappa shape index (κ1) is 32.5. The first-order valence-corrected chi connectivity index (χ1v) is 14.8. The molecule has 2 aliphatic carbocycles. The Balaban J connectivity index is 0.00000127. The zero-order chi connectivity index (χ0) is 29.0. The van der Waals surface area contributed by atoms with Crippen LogP contribution < -0.4 is 11.1 Å². The van der Waals surface area contributed by atoms with Crippen LogP contribution in [0.2, 0.25) is 0 Å². The Bertz CT molecular complexity index is 981. The van der Waals surface area contributed by atoms with E-state index in [-0.39, 0.29) is 53.1 Å². The molecule has 39 heavy (non-hydrogen) atoms. The van der Waals surface area contributed by atoms with E-state index < -0.39 is 0 Å². The Morgan fingerprint density at radius 3 is 2.72 bits per heavy atom. The summed E-state index contributed by atoms with van der Waals surface area (Å²) >= 11 is 0. The van der Waals surface area contributed by atoms with Gasteiger partial charge >= 0.3 is 12.1 Å². The summed E-state index contributed by atoms with van der Waals surface area (Å²) < 4.78 is 24.0. The van der Waals surface area contributed by atoms with Crippen LogP contribution in [0, 0.1) is 29.5 Å². The number of alkyl carbamates (subject to hydrolysis) is 1. The van der Waals surface area contributed by atoms with Gasteiger partial charge in [0.05, 0.1) is 19.1 Å². The van der Waals surface area contributed by atoms with Crippen molar-refractivity contribution in [2.24, 2.45) is 29.4 Å². The van der Waals surface area contributed by atoms with Gasteiger partial charge in [-0.1, -0.05) is 58.6 Å². The first-order chi connectivity index (χ1) is 18.8. The predicted octanol–water partition coefficient (Wildman–Crippen LogP) is 7.04. The van der Waals surface area contributed by atoms with Crippen molar-refractivity contribution in [3.05, 3.63) is 54.4 Å². The molecule has 1 aromatic rings. The van der Waals surface area contributed by atoms with Crippen molar-refractivity contribution in [3.63, 3.8) is 0 Å². The number of esters is 1. The third-order valence-corrected chi connectivity index (χ3v) is 8.24. The van der Waals surface area contributed by atoms with Crippen LogP contribution in [0.25, 0.3) is 5.57 Å². The molecule has 3 aliphatic rings. The summed E-state index contributed by atoms with van der Waals surface area (Å²) in [6.45, 7) is 14.6. The quantitative estimate of drug-likeness (QED) is 0.208. The standard InChI is InChI=1S/C28H37FN2O4.2C2H6/c1-3-34-27(33)31-22-12-13-28(30)20(15-22)16-23-24(17-35-26(23)32)25(28)11-6-4-5-8-18(2)19-9-7-10-21(29)14-19;2*1-2/h5,7-10,14,20,22-25H,2-4,6,11-13,15-17,30H2,1H3,(H,31,33);2*1-2H3/b8-5-;;. The smallest absolute Gasteiger partial charge is 0.407 e. The van der Waals surface area contributed by atoms with E-state index >= 15 is 0 Å². The number of halogens is 1. The van der Waals surface area contributed by atoms with Crippen LogP contribution in [0.1, 0.15) is 85.1 Å². The maximum Gasteiger partial charge on any atom is 0.407 e. The molecule has 3 fully saturated rings. The number of benzene rings is 1. The summed E-state index contributed by atoms with van der Waals surface area (Å²) in [6.07, 6.45) is 9.43. The normalized spacial score (nSPS) is 29.0. The minimum atomic E-state index is -0.390. The molecule has 6 atom stereocenters. The van der Waals surface area contributed by atoms with E-state index in [1.54, 1.807) is 13.0 Å². The van der Waals surface area contributed by atoms with E-state index in [0.29, 0.717) is 13.2 Å². The number of amides is 1. The number of carbonyl (C=O) groups excluding carboxylic acids is 2. The number of hydrogen-bond acceptors (Lipinski definition) is 5. The van der Waals surface area contributed by atoms with Gasteiger partial charge in [-0.05, 0) is 87.0 Å². The molecule has 0 bridgehead atoms. The summed E-state index contributed by atoms with van der Waals surface area (Å²) in [4.78, 5) is 24.4. The Morgan fingerprint density at radius 2 is 2.03 bits per heavy atom.